The summed E-state index contributed by atoms with van der Waals surface area (Å²) in [6.45, 7) is 0.616. The molecule has 1 atom stereocenters. The van der Waals surface area contributed by atoms with Gasteiger partial charge in [-0.25, -0.2) is 8.42 Å². The zero-order valence-corrected chi connectivity index (χ0v) is 14.5. The third-order valence-electron chi connectivity index (χ3n) is 3.40. The molecule has 0 radical (unpaired) electrons. The molecular weight excluding hydrogens is 394 g/mol. The van der Waals surface area contributed by atoms with Crippen LogP contribution in [-0.2, 0) is 10.0 Å². The Labute approximate surface area is 131 Å². The molecule has 3 nitrogen and oxygen atoms in total. The van der Waals surface area contributed by atoms with E-state index in [9.17, 15) is 8.42 Å². The summed E-state index contributed by atoms with van der Waals surface area (Å²) < 4.78 is 27.9. The number of halogens is 2. The lowest BCUT2D eigenvalue weighted by Crippen LogP contribution is -2.40. The topological polar surface area (TPSA) is 37.4 Å². The number of alkyl halides is 1. The average molecular weight is 411 g/mol. The molecular formula is C13H17Br2NO2S. The van der Waals surface area contributed by atoms with Crippen LogP contribution in [0.15, 0.2) is 33.6 Å². The van der Waals surface area contributed by atoms with E-state index in [1.165, 1.54) is 0 Å². The molecule has 0 saturated carbocycles. The minimum Gasteiger partial charge on any atom is -0.207 e. The molecule has 0 aromatic heterocycles. The van der Waals surface area contributed by atoms with Gasteiger partial charge in [-0.2, -0.15) is 4.31 Å². The zero-order valence-electron chi connectivity index (χ0n) is 10.6. The van der Waals surface area contributed by atoms with Gasteiger partial charge in [-0.05, 0) is 31.0 Å². The summed E-state index contributed by atoms with van der Waals surface area (Å²) in [7, 11) is -3.40. The molecule has 1 saturated heterocycles. The van der Waals surface area contributed by atoms with Gasteiger partial charge in [0.2, 0.25) is 10.0 Å². The van der Waals surface area contributed by atoms with E-state index in [0.717, 1.165) is 30.2 Å². The van der Waals surface area contributed by atoms with Crippen molar-refractivity contribution in [1.82, 2.24) is 4.31 Å². The van der Waals surface area contributed by atoms with Crippen LogP contribution in [0.25, 0.3) is 0 Å². The van der Waals surface area contributed by atoms with Crippen LogP contribution in [0.5, 0.6) is 0 Å². The van der Waals surface area contributed by atoms with Gasteiger partial charge in [-0.15, -0.1) is 0 Å². The fraction of sp³-hybridized carbons (Fsp3) is 0.538. The highest BCUT2D eigenvalue weighted by Crippen LogP contribution is 2.27. The third kappa shape index (κ3) is 3.60. The summed E-state index contributed by atoms with van der Waals surface area (Å²) >= 11 is 6.78. The molecule has 0 amide bonds. The standard InChI is InChI=1S/C13H17Br2NO2S/c14-10-12-6-2-1-3-8-16(12)19(17,18)13-7-4-5-11(15)9-13/h4-5,7,9,12H,1-3,6,8,10H2. The van der Waals surface area contributed by atoms with E-state index in [2.05, 4.69) is 31.9 Å². The van der Waals surface area contributed by atoms with Crippen LogP contribution in [0.3, 0.4) is 0 Å². The second-order valence-corrected chi connectivity index (χ2v) is 8.18. The Hall–Kier alpha value is 0.0900. The van der Waals surface area contributed by atoms with Gasteiger partial charge in [0.25, 0.3) is 0 Å². The van der Waals surface area contributed by atoms with E-state index < -0.39 is 10.0 Å². The van der Waals surface area contributed by atoms with Crippen molar-refractivity contribution >= 4 is 41.9 Å². The summed E-state index contributed by atoms with van der Waals surface area (Å²) in [6, 6.07) is 7.00. The maximum Gasteiger partial charge on any atom is 0.243 e. The number of nitrogens with zero attached hydrogens (tertiary/aromatic N) is 1. The highest BCUT2D eigenvalue weighted by atomic mass is 79.9. The van der Waals surface area contributed by atoms with Crippen molar-refractivity contribution in [3.05, 3.63) is 28.7 Å². The number of hydrogen-bond donors (Lipinski definition) is 0. The molecule has 0 N–H and O–H groups in total. The SMILES string of the molecule is O=S(=O)(c1cccc(Br)c1)N1CCCCCC1CBr. The van der Waals surface area contributed by atoms with E-state index in [1.807, 2.05) is 6.07 Å². The van der Waals surface area contributed by atoms with Crippen molar-refractivity contribution in [2.24, 2.45) is 0 Å². The van der Waals surface area contributed by atoms with Gasteiger partial charge in [-0.1, -0.05) is 50.8 Å². The van der Waals surface area contributed by atoms with Crippen LogP contribution in [0, 0.1) is 0 Å². The van der Waals surface area contributed by atoms with Gasteiger partial charge < -0.3 is 0 Å². The third-order valence-corrected chi connectivity index (χ3v) is 6.59. The minimum atomic E-state index is -3.40. The summed E-state index contributed by atoms with van der Waals surface area (Å²) in [4.78, 5) is 0.370. The van der Waals surface area contributed by atoms with Crippen LogP contribution in [0.2, 0.25) is 0 Å². The first-order chi connectivity index (χ1) is 9.05. The first kappa shape index (κ1) is 15.5. The first-order valence-corrected chi connectivity index (χ1v) is 9.74. The van der Waals surface area contributed by atoms with Gasteiger partial charge in [-0.3, -0.25) is 0 Å². The van der Waals surface area contributed by atoms with E-state index in [1.54, 1.807) is 22.5 Å². The Bertz CT molecular complexity index is 533. The van der Waals surface area contributed by atoms with Crippen molar-refractivity contribution < 1.29 is 8.42 Å². The molecule has 1 unspecified atom stereocenters. The van der Waals surface area contributed by atoms with E-state index in [4.69, 9.17) is 0 Å². The lowest BCUT2D eigenvalue weighted by molar-refractivity contribution is 0.347. The lowest BCUT2D eigenvalue weighted by atomic mass is 10.1. The predicted molar refractivity (Wildman–Crippen MR) is 84.1 cm³/mol. The van der Waals surface area contributed by atoms with Crippen LogP contribution in [0.4, 0.5) is 0 Å². The summed E-state index contributed by atoms with van der Waals surface area (Å²) in [5.74, 6) is 0. The number of hydrogen-bond acceptors (Lipinski definition) is 2. The smallest absolute Gasteiger partial charge is 0.207 e. The second-order valence-electron chi connectivity index (χ2n) is 4.73. The van der Waals surface area contributed by atoms with Crippen LogP contribution in [0.1, 0.15) is 25.7 Å². The van der Waals surface area contributed by atoms with E-state index >= 15 is 0 Å². The molecule has 106 valence electrons. The highest BCUT2D eigenvalue weighted by Gasteiger charge is 2.31. The molecule has 0 bridgehead atoms. The molecule has 1 fully saturated rings. The van der Waals surface area contributed by atoms with Crippen LogP contribution < -0.4 is 0 Å². The van der Waals surface area contributed by atoms with Gasteiger partial charge in [0.15, 0.2) is 0 Å². The zero-order chi connectivity index (χ0) is 13.9. The molecule has 6 heteroatoms. The summed E-state index contributed by atoms with van der Waals surface area (Å²) in [6.07, 6.45) is 4.07. The fourth-order valence-corrected chi connectivity index (χ4v) is 5.54. The van der Waals surface area contributed by atoms with Crippen molar-refractivity contribution in [1.29, 1.82) is 0 Å². The second kappa shape index (κ2) is 6.70. The van der Waals surface area contributed by atoms with Gasteiger partial charge >= 0.3 is 0 Å². The van der Waals surface area contributed by atoms with Gasteiger partial charge in [0.05, 0.1) is 4.90 Å². The summed E-state index contributed by atoms with van der Waals surface area (Å²) in [5, 5.41) is 0.695. The van der Waals surface area contributed by atoms with Crippen LogP contribution in [-0.4, -0.2) is 30.6 Å². The Balaban J connectivity index is 2.36. The summed E-state index contributed by atoms with van der Waals surface area (Å²) in [5.41, 5.74) is 0. The first-order valence-electron chi connectivity index (χ1n) is 6.39. The lowest BCUT2D eigenvalue weighted by Gasteiger charge is -2.27. The maximum absolute atomic E-state index is 12.7. The van der Waals surface area contributed by atoms with E-state index in [-0.39, 0.29) is 6.04 Å². The molecule has 0 spiro atoms. The van der Waals surface area contributed by atoms with Gasteiger partial charge in [0, 0.05) is 22.4 Å². The Morgan fingerprint density at radius 2 is 2.05 bits per heavy atom. The monoisotopic (exact) mass is 409 g/mol. The van der Waals surface area contributed by atoms with Crippen LogP contribution >= 0.6 is 31.9 Å². The minimum absolute atomic E-state index is 0.0616. The molecule has 1 aliphatic heterocycles. The Morgan fingerprint density at radius 3 is 2.74 bits per heavy atom. The predicted octanol–water partition coefficient (Wildman–Crippen LogP) is 3.78. The fourth-order valence-electron chi connectivity index (χ4n) is 2.38. The average Bonchev–Trinajstić information content (AvgIpc) is 2.64. The molecule has 2 rings (SSSR count). The van der Waals surface area contributed by atoms with Crippen molar-refractivity contribution in [2.75, 3.05) is 11.9 Å². The largest absolute Gasteiger partial charge is 0.243 e. The Kier molecular flexibility index (Phi) is 5.45. The normalized spacial score (nSPS) is 22.1. The molecule has 1 heterocycles. The molecule has 0 aliphatic carbocycles. The van der Waals surface area contributed by atoms with Crippen molar-refractivity contribution in [2.45, 2.75) is 36.6 Å². The Morgan fingerprint density at radius 1 is 1.26 bits per heavy atom. The van der Waals surface area contributed by atoms with Crippen molar-refractivity contribution in [3.8, 4) is 0 Å². The number of rotatable bonds is 3. The van der Waals surface area contributed by atoms with Gasteiger partial charge in [0.1, 0.15) is 0 Å². The number of benzene rings is 1. The highest BCUT2D eigenvalue weighted by molar-refractivity contribution is 9.10. The molecule has 19 heavy (non-hydrogen) atoms. The molecule has 1 aromatic carbocycles. The molecule has 1 aromatic rings. The quantitative estimate of drug-likeness (QED) is 0.711. The number of sulfonamides is 1. The van der Waals surface area contributed by atoms with Crippen molar-refractivity contribution in [3.63, 3.8) is 0 Å². The van der Waals surface area contributed by atoms with E-state index in [0.29, 0.717) is 16.8 Å². The molecule has 1 aliphatic rings. The maximum atomic E-state index is 12.7.